The van der Waals surface area contributed by atoms with Crippen LogP contribution in [0.3, 0.4) is 0 Å². The van der Waals surface area contributed by atoms with Crippen LogP contribution in [0.25, 0.3) is 0 Å². The molecule has 0 aliphatic carbocycles. The molecule has 0 amide bonds. The molecule has 0 saturated carbocycles. The van der Waals surface area contributed by atoms with Crippen LogP contribution >= 0.6 is 7.82 Å². The molecule has 0 fully saturated rings. The van der Waals surface area contributed by atoms with Crippen LogP contribution in [0.4, 0.5) is 0 Å². The summed E-state index contributed by atoms with van der Waals surface area (Å²) < 4.78 is 33.9. The van der Waals surface area contributed by atoms with Crippen molar-refractivity contribution in [3.63, 3.8) is 0 Å². The van der Waals surface area contributed by atoms with Crippen LogP contribution in [0.5, 0.6) is 0 Å². The number of carbonyl (C=O) groups excluding carboxylic acids is 2. The number of likely N-dealkylation sites (N-methyl/N-ethyl adjacent to an activating group) is 1. The summed E-state index contributed by atoms with van der Waals surface area (Å²) in [5.41, 5.74) is 0. The predicted octanol–water partition coefficient (Wildman–Crippen LogP) is 14.7. The van der Waals surface area contributed by atoms with E-state index in [4.69, 9.17) is 18.5 Å². The minimum atomic E-state index is -4.65. The third kappa shape index (κ3) is 48.9. The standard InChI is InChI=1S/C54H96NO8P/c1-6-8-10-12-14-16-18-20-22-24-26-27-29-30-32-34-36-38-40-42-44-46-53(56)60-50-52(51-62-64(58,59)61-49-48-55(3,4)5)63-54(57)47-45-43-41-39-37-35-33-31-28-25-23-21-19-17-15-13-11-9-7-2/h15,17,20-23,28,31,35,37,41,43,52H,6-14,16,18-19,24-27,29-30,32-34,36,38-40,42,44-51H2,1-5H3/b17-15+,22-20+,23-21+,31-28+,37-35+,43-41+/t52-/m1/s1. The number of hydrogen-bond acceptors (Lipinski definition) is 8. The van der Waals surface area contributed by atoms with Gasteiger partial charge in [-0.3, -0.25) is 14.2 Å². The van der Waals surface area contributed by atoms with Crippen molar-refractivity contribution in [2.45, 2.75) is 213 Å². The second-order valence-electron chi connectivity index (χ2n) is 18.2. The molecule has 10 heteroatoms. The Morgan fingerprint density at radius 1 is 0.484 bits per heavy atom. The molecule has 0 aliphatic heterocycles. The molecule has 64 heavy (non-hydrogen) atoms. The Labute approximate surface area is 393 Å². The van der Waals surface area contributed by atoms with Crippen molar-refractivity contribution in [2.75, 3.05) is 47.5 Å². The van der Waals surface area contributed by atoms with E-state index in [1.165, 1.54) is 128 Å². The Morgan fingerprint density at radius 3 is 1.36 bits per heavy atom. The van der Waals surface area contributed by atoms with Crippen LogP contribution in [0.2, 0.25) is 0 Å². The van der Waals surface area contributed by atoms with Crippen LogP contribution in [-0.2, 0) is 32.7 Å². The minimum absolute atomic E-state index is 0.0468. The van der Waals surface area contributed by atoms with Crippen molar-refractivity contribution in [1.29, 1.82) is 0 Å². The van der Waals surface area contributed by atoms with E-state index in [-0.39, 0.29) is 26.1 Å². The number of allylic oxidation sites excluding steroid dienone is 12. The van der Waals surface area contributed by atoms with Crippen LogP contribution in [0, 0.1) is 0 Å². The highest BCUT2D eigenvalue weighted by Crippen LogP contribution is 2.38. The molecular formula is C54H96NO8P. The van der Waals surface area contributed by atoms with Gasteiger partial charge in [0, 0.05) is 12.8 Å². The predicted molar refractivity (Wildman–Crippen MR) is 268 cm³/mol. The average Bonchev–Trinajstić information content (AvgIpc) is 3.25. The summed E-state index contributed by atoms with van der Waals surface area (Å²) >= 11 is 0. The van der Waals surface area contributed by atoms with Crippen molar-refractivity contribution in [3.8, 4) is 0 Å². The topological polar surface area (TPSA) is 111 Å². The van der Waals surface area contributed by atoms with Gasteiger partial charge >= 0.3 is 11.9 Å². The Balaban J connectivity index is 4.36. The number of rotatable bonds is 46. The largest absolute Gasteiger partial charge is 0.756 e. The van der Waals surface area contributed by atoms with Gasteiger partial charge in [0.25, 0.3) is 7.82 Å². The van der Waals surface area contributed by atoms with Gasteiger partial charge in [0.15, 0.2) is 6.10 Å². The molecule has 370 valence electrons. The highest BCUT2D eigenvalue weighted by molar-refractivity contribution is 7.45. The van der Waals surface area contributed by atoms with Gasteiger partial charge in [0.1, 0.15) is 19.8 Å². The van der Waals surface area contributed by atoms with Gasteiger partial charge in [-0.1, -0.05) is 189 Å². The number of hydrogen-bond donors (Lipinski definition) is 0. The zero-order valence-corrected chi connectivity index (χ0v) is 42.6. The summed E-state index contributed by atoms with van der Waals surface area (Å²) in [7, 11) is 1.11. The summed E-state index contributed by atoms with van der Waals surface area (Å²) in [4.78, 5) is 37.7. The lowest BCUT2D eigenvalue weighted by Gasteiger charge is -2.28. The van der Waals surface area contributed by atoms with Gasteiger partial charge in [-0.05, 0) is 77.0 Å². The van der Waals surface area contributed by atoms with E-state index in [1.54, 1.807) is 0 Å². The van der Waals surface area contributed by atoms with Crippen molar-refractivity contribution >= 4 is 19.8 Å². The van der Waals surface area contributed by atoms with Crippen molar-refractivity contribution in [2.24, 2.45) is 0 Å². The smallest absolute Gasteiger partial charge is 0.306 e. The summed E-state index contributed by atoms with van der Waals surface area (Å²) in [6.07, 6.45) is 58.1. The zero-order valence-electron chi connectivity index (χ0n) is 41.7. The van der Waals surface area contributed by atoms with Gasteiger partial charge < -0.3 is 27.9 Å². The average molecular weight is 918 g/mol. The fourth-order valence-corrected chi connectivity index (χ4v) is 7.42. The third-order valence-corrected chi connectivity index (χ3v) is 11.7. The first-order chi connectivity index (χ1) is 31.0. The molecule has 0 aromatic rings. The molecule has 0 aromatic heterocycles. The molecule has 0 radical (unpaired) electrons. The first-order valence-electron chi connectivity index (χ1n) is 25.6. The fourth-order valence-electron chi connectivity index (χ4n) is 6.69. The molecule has 0 N–H and O–H groups in total. The van der Waals surface area contributed by atoms with Crippen LogP contribution in [0.15, 0.2) is 72.9 Å². The normalized spacial score (nSPS) is 14.0. The quantitative estimate of drug-likeness (QED) is 0.0195. The lowest BCUT2D eigenvalue weighted by Crippen LogP contribution is -2.37. The summed E-state index contributed by atoms with van der Waals surface area (Å²) in [6.45, 7) is 4.12. The number of unbranched alkanes of at least 4 members (excludes halogenated alkanes) is 20. The molecule has 1 unspecified atom stereocenters. The SMILES string of the molecule is CCCCC/C=C/C/C=C/C/C=C/C/C=C/C/C=C/CCC(=O)O[C@H](COC(=O)CCCCCCCCCCCCC/C=C/CCCCCCCC)COP(=O)([O-])OCC[N+](C)(C)C. The minimum Gasteiger partial charge on any atom is -0.756 e. The van der Waals surface area contributed by atoms with Gasteiger partial charge in [-0.15, -0.1) is 0 Å². The second kappa shape index (κ2) is 45.6. The molecule has 0 aliphatic rings. The Bertz CT molecular complexity index is 1310. The number of carbonyl (C=O) groups is 2. The van der Waals surface area contributed by atoms with Gasteiger partial charge in [0.2, 0.25) is 0 Å². The van der Waals surface area contributed by atoms with Crippen LogP contribution in [0.1, 0.15) is 206 Å². The van der Waals surface area contributed by atoms with E-state index in [0.717, 1.165) is 44.9 Å². The highest BCUT2D eigenvalue weighted by atomic mass is 31.2. The number of esters is 2. The summed E-state index contributed by atoms with van der Waals surface area (Å²) in [5.74, 6) is -0.931. The number of phosphoric acid groups is 1. The van der Waals surface area contributed by atoms with Gasteiger partial charge in [-0.25, -0.2) is 0 Å². The Morgan fingerprint density at radius 2 is 0.875 bits per heavy atom. The summed E-state index contributed by atoms with van der Waals surface area (Å²) in [6, 6.07) is 0. The Hall–Kier alpha value is -2.55. The maximum absolute atomic E-state index is 12.7. The van der Waals surface area contributed by atoms with E-state index >= 15 is 0 Å². The monoisotopic (exact) mass is 918 g/mol. The third-order valence-electron chi connectivity index (χ3n) is 10.7. The first-order valence-corrected chi connectivity index (χ1v) is 27.1. The molecule has 0 spiro atoms. The maximum atomic E-state index is 12.7. The maximum Gasteiger partial charge on any atom is 0.306 e. The highest BCUT2D eigenvalue weighted by Gasteiger charge is 2.21. The molecule has 0 bridgehead atoms. The molecule has 0 saturated heterocycles. The van der Waals surface area contributed by atoms with Crippen molar-refractivity contribution < 1.29 is 42.1 Å². The molecule has 0 heterocycles. The van der Waals surface area contributed by atoms with Crippen LogP contribution in [-0.4, -0.2) is 70.0 Å². The van der Waals surface area contributed by atoms with E-state index in [0.29, 0.717) is 17.4 Å². The van der Waals surface area contributed by atoms with Crippen molar-refractivity contribution in [3.05, 3.63) is 72.9 Å². The molecule has 9 nitrogen and oxygen atoms in total. The molecular weight excluding hydrogens is 822 g/mol. The second-order valence-corrected chi connectivity index (χ2v) is 19.6. The van der Waals surface area contributed by atoms with Crippen molar-refractivity contribution in [1.82, 2.24) is 0 Å². The number of phosphoric ester groups is 1. The molecule has 0 aromatic carbocycles. The lowest BCUT2D eigenvalue weighted by atomic mass is 10.0. The van der Waals surface area contributed by atoms with Gasteiger partial charge in [-0.2, -0.15) is 0 Å². The van der Waals surface area contributed by atoms with E-state index in [1.807, 2.05) is 33.3 Å². The van der Waals surface area contributed by atoms with E-state index in [2.05, 4.69) is 74.6 Å². The van der Waals surface area contributed by atoms with Crippen LogP contribution < -0.4 is 4.89 Å². The number of nitrogens with zero attached hydrogens (tertiary/aromatic N) is 1. The molecule has 0 rings (SSSR count). The molecule has 2 atom stereocenters. The zero-order chi connectivity index (χ0) is 47.1. The summed E-state index contributed by atoms with van der Waals surface area (Å²) in [5, 5.41) is 0. The number of quaternary nitrogens is 1. The number of ether oxygens (including phenoxy) is 2. The van der Waals surface area contributed by atoms with E-state index in [9.17, 15) is 19.0 Å². The van der Waals surface area contributed by atoms with Gasteiger partial charge in [0.05, 0.1) is 27.7 Å². The van der Waals surface area contributed by atoms with E-state index < -0.39 is 32.5 Å². The Kier molecular flexibility index (Phi) is 43.8. The first kappa shape index (κ1) is 61.5. The lowest BCUT2D eigenvalue weighted by molar-refractivity contribution is -0.870. The fraction of sp³-hybridized carbons (Fsp3) is 0.741.